The van der Waals surface area contributed by atoms with E-state index in [1.54, 1.807) is 11.0 Å². The van der Waals surface area contributed by atoms with E-state index in [0.29, 0.717) is 17.0 Å². The average Bonchev–Trinajstić information content (AvgIpc) is 3.41. The van der Waals surface area contributed by atoms with E-state index in [-0.39, 0.29) is 36.2 Å². The molecule has 2 fully saturated rings. The number of carbonyl (C=O) groups excluding carboxylic acids is 3. The van der Waals surface area contributed by atoms with Crippen LogP contribution in [0.3, 0.4) is 0 Å². The van der Waals surface area contributed by atoms with Crippen LogP contribution in [0.25, 0.3) is 0 Å². The first-order valence-corrected chi connectivity index (χ1v) is 11.7. The molecular weight excluding hydrogens is 466 g/mol. The molecule has 2 aliphatic heterocycles. The molecule has 158 valence electrons. The molecular formula is C22H24BrN3O3S. The van der Waals surface area contributed by atoms with E-state index in [0.717, 1.165) is 34.4 Å². The maximum atomic E-state index is 12.9. The van der Waals surface area contributed by atoms with Crippen molar-refractivity contribution >= 4 is 50.7 Å². The predicted molar refractivity (Wildman–Crippen MR) is 121 cm³/mol. The van der Waals surface area contributed by atoms with Crippen LogP contribution in [0.5, 0.6) is 0 Å². The first-order chi connectivity index (χ1) is 14.3. The Morgan fingerprint density at radius 2 is 2.03 bits per heavy atom. The molecule has 0 saturated carbocycles. The largest absolute Gasteiger partial charge is 0.346 e. The Labute approximate surface area is 188 Å². The average molecular weight is 490 g/mol. The number of benzene rings is 1. The van der Waals surface area contributed by atoms with E-state index in [1.807, 2.05) is 36.1 Å². The number of nitrogens with one attached hydrogen (secondary N) is 1. The van der Waals surface area contributed by atoms with Crippen LogP contribution in [-0.2, 0) is 4.79 Å². The lowest BCUT2D eigenvalue weighted by Crippen LogP contribution is -2.37. The van der Waals surface area contributed by atoms with Crippen molar-refractivity contribution in [2.24, 2.45) is 0 Å². The molecule has 2 aliphatic rings. The van der Waals surface area contributed by atoms with Gasteiger partial charge in [0.05, 0.1) is 14.7 Å². The van der Waals surface area contributed by atoms with Crippen molar-refractivity contribution in [1.29, 1.82) is 0 Å². The van der Waals surface area contributed by atoms with Crippen molar-refractivity contribution in [3.05, 3.63) is 50.1 Å². The van der Waals surface area contributed by atoms with Crippen molar-refractivity contribution in [3.63, 3.8) is 0 Å². The minimum absolute atomic E-state index is 0.0284. The highest BCUT2D eigenvalue weighted by atomic mass is 79.9. The summed E-state index contributed by atoms with van der Waals surface area (Å²) in [7, 11) is 0. The summed E-state index contributed by atoms with van der Waals surface area (Å²) in [4.78, 5) is 42.1. The fourth-order valence-electron chi connectivity index (χ4n) is 4.19. The number of carbonyl (C=O) groups is 3. The third-order valence-corrected chi connectivity index (χ3v) is 7.45. The summed E-state index contributed by atoms with van der Waals surface area (Å²) in [6, 6.07) is 9.17. The van der Waals surface area contributed by atoms with Crippen molar-refractivity contribution in [2.45, 2.75) is 45.2 Å². The Kier molecular flexibility index (Phi) is 5.97. The molecule has 3 heterocycles. The van der Waals surface area contributed by atoms with Crippen molar-refractivity contribution in [3.8, 4) is 0 Å². The molecule has 1 aromatic carbocycles. The molecule has 30 heavy (non-hydrogen) atoms. The van der Waals surface area contributed by atoms with Gasteiger partial charge < -0.3 is 15.1 Å². The quantitative estimate of drug-likeness (QED) is 0.705. The number of aryl methyl sites for hydroxylation is 1. The van der Waals surface area contributed by atoms with E-state index >= 15 is 0 Å². The third-order valence-electron chi connectivity index (χ3n) is 5.82. The van der Waals surface area contributed by atoms with Gasteiger partial charge in [-0.2, -0.15) is 0 Å². The molecule has 0 aliphatic carbocycles. The van der Waals surface area contributed by atoms with Gasteiger partial charge in [-0.25, -0.2) is 0 Å². The zero-order valence-electron chi connectivity index (χ0n) is 17.0. The Balaban J connectivity index is 1.45. The van der Waals surface area contributed by atoms with Crippen LogP contribution < -0.4 is 10.2 Å². The smallest absolute Gasteiger partial charge is 0.261 e. The molecule has 0 spiro atoms. The van der Waals surface area contributed by atoms with Crippen LogP contribution in [0.15, 0.2) is 34.1 Å². The van der Waals surface area contributed by atoms with E-state index in [9.17, 15) is 14.4 Å². The first-order valence-electron chi connectivity index (χ1n) is 10.1. The minimum Gasteiger partial charge on any atom is -0.346 e. The molecule has 6 nitrogen and oxygen atoms in total. The maximum Gasteiger partial charge on any atom is 0.261 e. The highest BCUT2D eigenvalue weighted by Crippen LogP contribution is 2.27. The van der Waals surface area contributed by atoms with E-state index in [1.165, 1.54) is 11.3 Å². The maximum absolute atomic E-state index is 12.9. The second-order valence-electron chi connectivity index (χ2n) is 7.97. The number of halogens is 1. The summed E-state index contributed by atoms with van der Waals surface area (Å²) < 4.78 is 0.894. The Hall–Kier alpha value is -2.19. The van der Waals surface area contributed by atoms with Crippen LogP contribution in [-0.4, -0.2) is 47.8 Å². The normalized spacial score (nSPS) is 21.4. The van der Waals surface area contributed by atoms with Crippen molar-refractivity contribution in [2.75, 3.05) is 18.0 Å². The third kappa shape index (κ3) is 4.16. The topological polar surface area (TPSA) is 69.7 Å². The highest BCUT2D eigenvalue weighted by molar-refractivity contribution is 9.11. The Morgan fingerprint density at radius 1 is 1.23 bits per heavy atom. The molecule has 2 unspecified atom stereocenters. The molecule has 4 rings (SSSR count). The summed E-state index contributed by atoms with van der Waals surface area (Å²) in [5.74, 6) is -0.134. The van der Waals surface area contributed by atoms with E-state index in [4.69, 9.17) is 0 Å². The van der Waals surface area contributed by atoms with Gasteiger partial charge in [-0.05, 0) is 78.5 Å². The number of anilines is 1. The number of amides is 3. The van der Waals surface area contributed by atoms with Gasteiger partial charge >= 0.3 is 0 Å². The molecule has 2 atom stereocenters. The van der Waals surface area contributed by atoms with E-state index < -0.39 is 0 Å². The summed E-state index contributed by atoms with van der Waals surface area (Å²) >= 11 is 4.72. The van der Waals surface area contributed by atoms with Gasteiger partial charge in [0.15, 0.2) is 0 Å². The SMILES string of the molecule is Cc1cc(N2CC(NC(=O)c3ccc(Br)s3)CC2=O)ccc1C(=O)N1CCCC1C. The second kappa shape index (κ2) is 8.51. The molecule has 3 amide bonds. The lowest BCUT2D eigenvalue weighted by atomic mass is 10.1. The van der Waals surface area contributed by atoms with Gasteiger partial charge in [-0.1, -0.05) is 0 Å². The summed E-state index contributed by atoms with van der Waals surface area (Å²) in [6.45, 7) is 5.22. The van der Waals surface area contributed by atoms with Crippen molar-refractivity contribution < 1.29 is 14.4 Å². The second-order valence-corrected chi connectivity index (χ2v) is 10.4. The van der Waals surface area contributed by atoms with E-state index in [2.05, 4.69) is 28.2 Å². The number of rotatable bonds is 4. The predicted octanol–water partition coefficient (Wildman–Crippen LogP) is 3.98. The van der Waals surface area contributed by atoms with Crippen LogP contribution in [0.4, 0.5) is 5.69 Å². The summed E-state index contributed by atoms with van der Waals surface area (Å²) in [5.41, 5.74) is 2.31. The Bertz CT molecular complexity index is 1010. The van der Waals surface area contributed by atoms with Crippen LogP contribution in [0.2, 0.25) is 0 Å². The zero-order valence-corrected chi connectivity index (χ0v) is 19.4. The lowest BCUT2D eigenvalue weighted by Gasteiger charge is -2.23. The fourth-order valence-corrected chi connectivity index (χ4v) is 5.48. The Morgan fingerprint density at radius 3 is 2.67 bits per heavy atom. The lowest BCUT2D eigenvalue weighted by molar-refractivity contribution is -0.117. The van der Waals surface area contributed by atoms with Gasteiger partial charge in [0, 0.05) is 36.8 Å². The monoisotopic (exact) mass is 489 g/mol. The van der Waals surface area contributed by atoms with Crippen LogP contribution >= 0.6 is 27.3 Å². The van der Waals surface area contributed by atoms with Gasteiger partial charge in [0.25, 0.3) is 11.8 Å². The molecule has 2 saturated heterocycles. The van der Waals surface area contributed by atoms with Gasteiger partial charge in [0.2, 0.25) is 5.91 Å². The molecule has 0 bridgehead atoms. The number of hydrogen-bond donors (Lipinski definition) is 1. The molecule has 1 N–H and O–H groups in total. The number of nitrogens with zero attached hydrogens (tertiary/aromatic N) is 2. The molecule has 1 aromatic heterocycles. The number of hydrogen-bond acceptors (Lipinski definition) is 4. The summed E-state index contributed by atoms with van der Waals surface area (Å²) in [6.07, 6.45) is 2.35. The molecule has 0 radical (unpaired) electrons. The van der Waals surface area contributed by atoms with Crippen molar-refractivity contribution in [1.82, 2.24) is 10.2 Å². The standard InChI is InChI=1S/C22H24BrN3O3S/c1-13-10-16(5-6-17(13)22(29)25-9-3-4-14(25)2)26-12-15(11-20(26)27)24-21(28)18-7-8-19(23)30-18/h5-8,10,14-15H,3-4,9,11-12H2,1-2H3,(H,24,28). The van der Waals surface area contributed by atoms with Crippen LogP contribution in [0.1, 0.15) is 51.8 Å². The van der Waals surface area contributed by atoms with Gasteiger partial charge in [-0.3, -0.25) is 14.4 Å². The fraction of sp³-hybridized carbons (Fsp3) is 0.409. The highest BCUT2D eigenvalue weighted by Gasteiger charge is 2.33. The minimum atomic E-state index is -0.238. The number of thiophene rings is 1. The molecule has 8 heteroatoms. The molecule has 2 aromatic rings. The van der Waals surface area contributed by atoms with Gasteiger partial charge in [-0.15, -0.1) is 11.3 Å². The van der Waals surface area contributed by atoms with Crippen LogP contribution in [0, 0.1) is 6.92 Å². The van der Waals surface area contributed by atoms with Gasteiger partial charge in [0.1, 0.15) is 0 Å². The summed E-state index contributed by atoms with van der Waals surface area (Å²) in [5, 5.41) is 2.95. The first kappa shape index (κ1) is 21.1. The zero-order chi connectivity index (χ0) is 21.4. The number of likely N-dealkylation sites (tertiary alicyclic amines) is 1.